The molecular formula is C16H15N7O3. The molecule has 1 fully saturated rings. The Labute approximate surface area is 147 Å². The van der Waals surface area contributed by atoms with Crippen molar-refractivity contribution in [1.82, 2.24) is 30.3 Å². The molecule has 0 aliphatic carbocycles. The normalized spacial score (nSPS) is 14.1. The van der Waals surface area contributed by atoms with Gasteiger partial charge < -0.3 is 14.7 Å². The number of carbonyl (C=O) groups excluding carboxylic acids is 2. The molecular weight excluding hydrogens is 338 g/mol. The number of rotatable bonds is 4. The highest BCUT2D eigenvalue weighted by Crippen LogP contribution is 2.21. The summed E-state index contributed by atoms with van der Waals surface area (Å²) < 4.78 is 6.42. The summed E-state index contributed by atoms with van der Waals surface area (Å²) >= 11 is 0. The molecule has 4 rings (SSSR count). The lowest BCUT2D eigenvalue weighted by Crippen LogP contribution is -2.54. The van der Waals surface area contributed by atoms with Crippen LogP contribution in [-0.2, 0) is 4.79 Å². The van der Waals surface area contributed by atoms with Crippen molar-refractivity contribution in [2.24, 2.45) is 5.92 Å². The monoisotopic (exact) mass is 353 g/mol. The van der Waals surface area contributed by atoms with Crippen molar-refractivity contribution in [3.05, 3.63) is 48.1 Å². The summed E-state index contributed by atoms with van der Waals surface area (Å²) in [7, 11) is 0. The molecule has 0 spiro atoms. The molecule has 3 heterocycles. The molecule has 10 nitrogen and oxygen atoms in total. The van der Waals surface area contributed by atoms with Crippen LogP contribution in [0.4, 0.5) is 5.69 Å². The highest BCUT2D eigenvalue weighted by molar-refractivity contribution is 5.97. The molecule has 2 aromatic heterocycles. The topological polar surface area (TPSA) is 119 Å². The van der Waals surface area contributed by atoms with Crippen molar-refractivity contribution in [2.75, 3.05) is 18.4 Å². The van der Waals surface area contributed by atoms with Gasteiger partial charge in [-0.3, -0.25) is 9.59 Å². The lowest BCUT2D eigenvalue weighted by molar-refractivity contribution is -0.123. The van der Waals surface area contributed by atoms with Crippen molar-refractivity contribution in [1.29, 1.82) is 0 Å². The number of anilines is 1. The van der Waals surface area contributed by atoms with Gasteiger partial charge in [0.25, 0.3) is 5.91 Å². The van der Waals surface area contributed by atoms with E-state index >= 15 is 0 Å². The Morgan fingerprint density at radius 1 is 1.23 bits per heavy atom. The summed E-state index contributed by atoms with van der Waals surface area (Å²) in [4.78, 5) is 26.0. The van der Waals surface area contributed by atoms with Crippen LogP contribution in [0.3, 0.4) is 0 Å². The Morgan fingerprint density at radius 2 is 2.00 bits per heavy atom. The Balaban J connectivity index is 1.31. The Morgan fingerprint density at radius 3 is 2.62 bits per heavy atom. The number of aryl methyl sites for hydroxylation is 1. The van der Waals surface area contributed by atoms with E-state index in [0.29, 0.717) is 24.5 Å². The second-order valence-corrected chi connectivity index (χ2v) is 6.02. The molecule has 10 heteroatoms. The van der Waals surface area contributed by atoms with Gasteiger partial charge in [-0.05, 0) is 41.6 Å². The highest BCUT2D eigenvalue weighted by atomic mass is 16.5. The summed E-state index contributed by atoms with van der Waals surface area (Å²) in [5, 5.41) is 17.5. The van der Waals surface area contributed by atoms with Crippen LogP contribution in [-0.4, -0.2) is 55.2 Å². The average molecular weight is 353 g/mol. The highest BCUT2D eigenvalue weighted by Gasteiger charge is 2.37. The maximum atomic E-state index is 12.3. The molecule has 0 saturated carbocycles. The summed E-state index contributed by atoms with van der Waals surface area (Å²) in [5.74, 6) is -0.0170. The molecule has 0 bridgehead atoms. The van der Waals surface area contributed by atoms with Gasteiger partial charge in [-0.2, -0.15) is 0 Å². The van der Waals surface area contributed by atoms with E-state index in [-0.39, 0.29) is 23.4 Å². The van der Waals surface area contributed by atoms with E-state index in [0.717, 1.165) is 5.69 Å². The molecule has 132 valence electrons. The second-order valence-electron chi connectivity index (χ2n) is 6.02. The van der Waals surface area contributed by atoms with E-state index in [1.807, 2.05) is 0 Å². The molecule has 1 saturated heterocycles. The van der Waals surface area contributed by atoms with Crippen LogP contribution < -0.4 is 5.32 Å². The zero-order valence-electron chi connectivity index (χ0n) is 13.9. The number of likely N-dealkylation sites (tertiary alicyclic amines) is 1. The minimum absolute atomic E-state index is 0.124. The van der Waals surface area contributed by atoms with E-state index in [1.54, 1.807) is 42.2 Å². The fourth-order valence-electron chi connectivity index (χ4n) is 2.66. The zero-order chi connectivity index (χ0) is 18.1. The number of benzene rings is 1. The first kappa shape index (κ1) is 15.9. The van der Waals surface area contributed by atoms with Crippen molar-refractivity contribution >= 4 is 17.5 Å². The van der Waals surface area contributed by atoms with Gasteiger partial charge in [0.2, 0.25) is 5.91 Å². The molecule has 2 amide bonds. The summed E-state index contributed by atoms with van der Waals surface area (Å²) in [5.41, 5.74) is 1.72. The van der Waals surface area contributed by atoms with E-state index in [2.05, 4.69) is 26.0 Å². The molecule has 26 heavy (non-hydrogen) atoms. The quantitative estimate of drug-likeness (QED) is 0.732. The zero-order valence-corrected chi connectivity index (χ0v) is 13.9. The fourth-order valence-corrected chi connectivity index (χ4v) is 2.66. The molecule has 0 atom stereocenters. The van der Waals surface area contributed by atoms with Gasteiger partial charge >= 0.3 is 0 Å². The Kier molecular flexibility index (Phi) is 3.92. The first-order chi connectivity index (χ1) is 12.6. The summed E-state index contributed by atoms with van der Waals surface area (Å²) in [6.07, 6.45) is 1.49. The predicted molar refractivity (Wildman–Crippen MR) is 88.4 cm³/mol. The van der Waals surface area contributed by atoms with Crippen LogP contribution in [0.15, 0.2) is 41.2 Å². The number of nitrogens with zero attached hydrogens (tertiary/aromatic N) is 6. The van der Waals surface area contributed by atoms with Crippen LogP contribution >= 0.6 is 0 Å². The maximum absolute atomic E-state index is 12.3. The third-order valence-electron chi connectivity index (χ3n) is 4.14. The lowest BCUT2D eigenvalue weighted by Gasteiger charge is -2.37. The van der Waals surface area contributed by atoms with Gasteiger partial charge in [0.1, 0.15) is 12.1 Å². The number of nitrogens with one attached hydrogen (secondary N) is 1. The van der Waals surface area contributed by atoms with E-state index < -0.39 is 0 Å². The minimum Gasteiger partial charge on any atom is -0.361 e. The SMILES string of the molecule is Cc1cc(C(=O)N2CC(C(=O)Nc3ccc(-n4cnnn4)cc3)C2)no1. The molecule has 0 radical (unpaired) electrons. The standard InChI is InChI=1S/C16H15N7O3/c1-10-6-14(19-26-10)16(25)22-7-11(8-22)15(24)18-12-2-4-13(5-3-12)23-9-17-20-21-23/h2-6,9,11H,7-8H2,1H3,(H,18,24). The van der Waals surface area contributed by atoms with Gasteiger partial charge in [0.05, 0.1) is 11.6 Å². The van der Waals surface area contributed by atoms with Crippen LogP contribution in [0.25, 0.3) is 5.69 Å². The summed E-state index contributed by atoms with van der Waals surface area (Å²) in [6.45, 7) is 2.44. The van der Waals surface area contributed by atoms with Gasteiger partial charge in [0.15, 0.2) is 5.69 Å². The third-order valence-corrected chi connectivity index (χ3v) is 4.14. The van der Waals surface area contributed by atoms with Gasteiger partial charge in [-0.25, -0.2) is 4.68 Å². The molecule has 1 aliphatic heterocycles. The number of aromatic nitrogens is 5. The van der Waals surface area contributed by atoms with Crippen molar-refractivity contribution < 1.29 is 14.1 Å². The summed E-state index contributed by atoms with van der Waals surface area (Å²) in [6, 6.07) is 8.73. The number of hydrogen-bond donors (Lipinski definition) is 1. The molecule has 3 aromatic rings. The van der Waals surface area contributed by atoms with E-state index in [1.165, 1.54) is 11.0 Å². The van der Waals surface area contributed by atoms with Gasteiger partial charge in [0, 0.05) is 24.8 Å². The van der Waals surface area contributed by atoms with Crippen molar-refractivity contribution in [2.45, 2.75) is 6.92 Å². The van der Waals surface area contributed by atoms with E-state index in [9.17, 15) is 9.59 Å². The Bertz CT molecular complexity index is 927. The largest absolute Gasteiger partial charge is 0.361 e. The van der Waals surface area contributed by atoms with Crippen LogP contribution in [0.1, 0.15) is 16.2 Å². The van der Waals surface area contributed by atoms with Crippen molar-refractivity contribution in [3.63, 3.8) is 0 Å². The minimum atomic E-state index is -0.244. The van der Waals surface area contributed by atoms with Crippen LogP contribution in [0.5, 0.6) is 0 Å². The molecule has 1 aliphatic rings. The fraction of sp³-hybridized carbons (Fsp3) is 0.250. The smallest absolute Gasteiger partial charge is 0.276 e. The number of hydrogen-bond acceptors (Lipinski definition) is 7. The number of carbonyl (C=O) groups is 2. The number of amides is 2. The lowest BCUT2D eigenvalue weighted by atomic mass is 9.98. The van der Waals surface area contributed by atoms with Gasteiger partial charge in [-0.1, -0.05) is 5.16 Å². The Hall–Kier alpha value is -3.56. The first-order valence-electron chi connectivity index (χ1n) is 7.97. The average Bonchev–Trinajstić information content (AvgIpc) is 3.25. The first-order valence-corrected chi connectivity index (χ1v) is 7.97. The van der Waals surface area contributed by atoms with Crippen LogP contribution in [0, 0.1) is 12.8 Å². The second kappa shape index (κ2) is 6.39. The molecule has 1 aromatic carbocycles. The van der Waals surface area contributed by atoms with E-state index in [4.69, 9.17) is 4.52 Å². The molecule has 0 unspecified atom stereocenters. The van der Waals surface area contributed by atoms with Crippen molar-refractivity contribution in [3.8, 4) is 5.69 Å². The van der Waals surface area contributed by atoms with Crippen LogP contribution in [0.2, 0.25) is 0 Å². The van der Waals surface area contributed by atoms with Gasteiger partial charge in [-0.15, -0.1) is 5.10 Å². The molecule has 1 N–H and O–H groups in total. The number of tetrazole rings is 1. The predicted octanol–water partition coefficient (Wildman–Crippen LogP) is 0.669. The third kappa shape index (κ3) is 3.04. The maximum Gasteiger partial charge on any atom is 0.276 e.